The molecule has 3 aromatic rings. The maximum atomic E-state index is 13.8. The van der Waals surface area contributed by atoms with E-state index in [-0.39, 0.29) is 23.0 Å². The number of non-ortho nitro benzene ring substituents is 1. The number of benzene rings is 2. The van der Waals surface area contributed by atoms with Gasteiger partial charge in [-0.15, -0.1) is 0 Å². The summed E-state index contributed by atoms with van der Waals surface area (Å²) in [7, 11) is 0. The summed E-state index contributed by atoms with van der Waals surface area (Å²) >= 11 is 0. The van der Waals surface area contributed by atoms with E-state index in [1.54, 1.807) is 0 Å². The Kier molecular flexibility index (Phi) is 5.39. The lowest BCUT2D eigenvalue weighted by atomic mass is 10.3. The minimum absolute atomic E-state index is 0.128. The lowest BCUT2D eigenvalue weighted by Crippen LogP contribution is -2.13. The van der Waals surface area contributed by atoms with Gasteiger partial charge in [0.1, 0.15) is 18.0 Å². The van der Waals surface area contributed by atoms with Gasteiger partial charge >= 0.3 is 5.69 Å². The summed E-state index contributed by atoms with van der Waals surface area (Å²) in [5.41, 5.74) is 4.53. The van der Waals surface area contributed by atoms with E-state index in [0.717, 1.165) is 18.5 Å². The first-order chi connectivity index (χ1) is 13.8. The van der Waals surface area contributed by atoms with E-state index in [0.29, 0.717) is 11.8 Å². The van der Waals surface area contributed by atoms with E-state index in [1.165, 1.54) is 24.3 Å². The molecule has 0 unspecified atom stereocenters. The van der Waals surface area contributed by atoms with Gasteiger partial charge in [0.25, 0.3) is 5.69 Å². The quantitative estimate of drug-likeness (QED) is 0.396. The molecule has 0 spiro atoms. The Morgan fingerprint density at radius 2 is 1.55 bits per heavy atom. The third-order valence-corrected chi connectivity index (χ3v) is 3.59. The number of anilines is 4. The van der Waals surface area contributed by atoms with Crippen LogP contribution in [-0.4, -0.2) is 19.8 Å². The highest BCUT2D eigenvalue weighted by atomic mass is 19.1. The molecule has 3 N–H and O–H groups in total. The summed E-state index contributed by atoms with van der Waals surface area (Å²) in [6.45, 7) is 0. The maximum Gasteiger partial charge on any atom is 0.355 e. The van der Waals surface area contributed by atoms with E-state index in [2.05, 4.69) is 26.1 Å². The van der Waals surface area contributed by atoms with E-state index >= 15 is 0 Å². The fourth-order valence-corrected chi connectivity index (χ4v) is 2.25. The zero-order valence-corrected chi connectivity index (χ0v) is 14.3. The van der Waals surface area contributed by atoms with Crippen LogP contribution in [-0.2, 0) is 0 Å². The van der Waals surface area contributed by atoms with E-state index < -0.39 is 27.2 Å². The van der Waals surface area contributed by atoms with Gasteiger partial charge in [-0.25, -0.2) is 18.7 Å². The predicted octanol–water partition coefficient (Wildman–Crippen LogP) is 3.75. The van der Waals surface area contributed by atoms with Crippen molar-refractivity contribution in [2.75, 3.05) is 16.2 Å². The summed E-state index contributed by atoms with van der Waals surface area (Å²) < 4.78 is 26.9. The highest BCUT2D eigenvalue weighted by molar-refractivity contribution is 5.74. The molecule has 11 nitrogen and oxygen atoms in total. The Balaban J connectivity index is 1.84. The number of hydrazine groups is 1. The molecule has 0 aliphatic rings. The van der Waals surface area contributed by atoms with Gasteiger partial charge < -0.3 is 5.32 Å². The van der Waals surface area contributed by atoms with Gasteiger partial charge in [-0.3, -0.25) is 31.1 Å². The zero-order valence-electron chi connectivity index (χ0n) is 14.3. The average molecular weight is 403 g/mol. The minimum atomic E-state index is -0.962. The van der Waals surface area contributed by atoms with Gasteiger partial charge in [-0.05, 0) is 24.3 Å². The second-order valence-electron chi connectivity index (χ2n) is 5.48. The third kappa shape index (κ3) is 4.47. The van der Waals surface area contributed by atoms with Gasteiger partial charge in [0.15, 0.2) is 0 Å². The van der Waals surface area contributed by atoms with Crippen LogP contribution >= 0.6 is 0 Å². The summed E-state index contributed by atoms with van der Waals surface area (Å²) in [5.74, 6) is -2.35. The molecular weight excluding hydrogens is 392 g/mol. The smallest absolute Gasteiger partial charge is 0.332 e. The van der Waals surface area contributed by atoms with Crippen molar-refractivity contribution < 1.29 is 18.6 Å². The lowest BCUT2D eigenvalue weighted by molar-refractivity contribution is -0.384. The predicted molar refractivity (Wildman–Crippen MR) is 98.7 cm³/mol. The summed E-state index contributed by atoms with van der Waals surface area (Å²) in [6, 6.07) is 7.90. The van der Waals surface area contributed by atoms with Crippen LogP contribution in [0.25, 0.3) is 0 Å². The molecule has 0 bridgehead atoms. The van der Waals surface area contributed by atoms with Gasteiger partial charge in [0.2, 0.25) is 11.6 Å². The van der Waals surface area contributed by atoms with Crippen LogP contribution in [0.2, 0.25) is 0 Å². The Morgan fingerprint density at radius 1 is 0.862 bits per heavy atom. The van der Waals surface area contributed by atoms with Crippen molar-refractivity contribution in [2.45, 2.75) is 0 Å². The molecule has 29 heavy (non-hydrogen) atoms. The summed E-state index contributed by atoms with van der Waals surface area (Å²) in [5, 5.41) is 24.6. The minimum Gasteiger partial charge on any atom is -0.332 e. The first kappa shape index (κ1) is 19.3. The van der Waals surface area contributed by atoms with E-state index in [1.807, 2.05) is 0 Å². The first-order valence-electron chi connectivity index (χ1n) is 7.83. The van der Waals surface area contributed by atoms with Crippen LogP contribution in [0.1, 0.15) is 0 Å². The van der Waals surface area contributed by atoms with Crippen molar-refractivity contribution in [3.63, 3.8) is 0 Å². The first-order valence-corrected chi connectivity index (χ1v) is 7.83. The number of halogens is 2. The number of hydrogen-bond acceptors (Lipinski definition) is 9. The Bertz CT molecular complexity index is 1080. The van der Waals surface area contributed by atoms with Crippen molar-refractivity contribution in [1.82, 2.24) is 9.97 Å². The van der Waals surface area contributed by atoms with Crippen molar-refractivity contribution in [2.24, 2.45) is 0 Å². The average Bonchev–Trinajstić information content (AvgIpc) is 2.68. The monoisotopic (exact) mass is 403 g/mol. The van der Waals surface area contributed by atoms with Crippen LogP contribution < -0.4 is 16.2 Å². The van der Waals surface area contributed by atoms with Crippen LogP contribution in [0, 0.1) is 31.9 Å². The van der Waals surface area contributed by atoms with Crippen molar-refractivity contribution in [1.29, 1.82) is 0 Å². The number of nitro groups is 2. The Hall–Kier alpha value is -4.42. The van der Waals surface area contributed by atoms with Gasteiger partial charge in [0, 0.05) is 18.2 Å². The second-order valence-corrected chi connectivity index (χ2v) is 5.48. The third-order valence-electron chi connectivity index (χ3n) is 3.59. The van der Waals surface area contributed by atoms with Crippen LogP contribution in [0.3, 0.4) is 0 Å². The molecule has 0 aliphatic carbocycles. The molecule has 148 valence electrons. The molecule has 1 aromatic heterocycles. The maximum absolute atomic E-state index is 13.8. The molecule has 0 amide bonds. The van der Waals surface area contributed by atoms with Crippen LogP contribution in [0.15, 0.2) is 48.8 Å². The molecule has 0 radical (unpaired) electrons. The van der Waals surface area contributed by atoms with Gasteiger partial charge in [-0.2, -0.15) is 0 Å². The van der Waals surface area contributed by atoms with E-state index in [9.17, 15) is 29.0 Å². The highest BCUT2D eigenvalue weighted by Gasteiger charge is 2.24. The molecule has 0 aliphatic heterocycles. The summed E-state index contributed by atoms with van der Waals surface area (Å²) in [4.78, 5) is 28.3. The number of nitrogens with one attached hydrogen (secondary N) is 3. The molecule has 0 saturated heterocycles. The van der Waals surface area contributed by atoms with Gasteiger partial charge in [-0.1, -0.05) is 0 Å². The number of hydrogen-bond donors (Lipinski definition) is 3. The number of nitro benzene ring substituents is 1. The highest BCUT2D eigenvalue weighted by Crippen LogP contribution is 2.32. The molecule has 0 saturated carbocycles. The lowest BCUT2D eigenvalue weighted by Gasteiger charge is -2.12. The van der Waals surface area contributed by atoms with Crippen molar-refractivity contribution in [3.8, 4) is 0 Å². The molecule has 3 rings (SSSR count). The fraction of sp³-hybridized carbons (Fsp3) is 0. The fourth-order valence-electron chi connectivity index (χ4n) is 2.25. The van der Waals surface area contributed by atoms with Crippen LogP contribution in [0.5, 0.6) is 0 Å². The normalized spacial score (nSPS) is 10.3. The van der Waals surface area contributed by atoms with Crippen molar-refractivity contribution in [3.05, 3.63) is 80.7 Å². The largest absolute Gasteiger partial charge is 0.355 e. The number of rotatable bonds is 7. The summed E-state index contributed by atoms with van der Waals surface area (Å²) in [6.07, 6.45) is 0.997. The zero-order chi connectivity index (χ0) is 21.0. The number of aromatic nitrogens is 2. The van der Waals surface area contributed by atoms with Crippen LogP contribution in [0.4, 0.5) is 43.2 Å². The molecule has 0 atom stereocenters. The van der Waals surface area contributed by atoms with Gasteiger partial charge in [0.05, 0.1) is 21.2 Å². The molecule has 0 fully saturated rings. The second kappa shape index (κ2) is 8.08. The molecule has 1 heterocycles. The topological polar surface area (TPSA) is 148 Å². The number of nitrogens with zero attached hydrogens (tertiary/aromatic N) is 4. The Labute approximate surface area is 160 Å². The standard InChI is InChI=1S/C16H11F2N7O4/c17-9-1-6-13(12(18)7-9)21-15-14(25(28)29)16(20-8-19-15)23-22-10-2-4-11(5-3-10)24(26)27/h1-8,22H,(H2,19,20,21,23). The molecule has 13 heteroatoms. The van der Waals surface area contributed by atoms with E-state index in [4.69, 9.17) is 0 Å². The Morgan fingerprint density at radius 3 is 2.17 bits per heavy atom. The molecular formula is C16H11F2N7O4. The van der Waals surface area contributed by atoms with Crippen molar-refractivity contribution >= 4 is 34.4 Å². The molecule has 2 aromatic carbocycles. The SMILES string of the molecule is O=[N+]([O-])c1ccc(NNc2ncnc(Nc3ccc(F)cc3F)c2[N+](=O)[O-])cc1.